The van der Waals surface area contributed by atoms with Crippen molar-refractivity contribution in [1.29, 1.82) is 0 Å². The highest BCUT2D eigenvalue weighted by Crippen LogP contribution is 2.36. The molecule has 126 valence electrons. The van der Waals surface area contributed by atoms with Crippen LogP contribution in [0.5, 0.6) is 0 Å². The lowest BCUT2D eigenvalue weighted by atomic mass is 10.1. The number of rotatable bonds is 1. The Morgan fingerprint density at radius 2 is 1.42 bits per heavy atom. The van der Waals surface area contributed by atoms with Gasteiger partial charge in [-0.25, -0.2) is 9.37 Å². The SMILES string of the molecule is Fc1c(C(F)(F)F)ccc2nc(-c3ccc(C(F)(F)F)cc3)oc12. The Balaban J connectivity index is 2.07. The first-order valence-electron chi connectivity index (χ1n) is 6.41. The molecule has 1 heterocycles. The maximum Gasteiger partial charge on any atom is 0.419 e. The molecule has 0 aliphatic carbocycles. The summed E-state index contributed by atoms with van der Waals surface area (Å²) >= 11 is 0. The number of halogens is 7. The Morgan fingerprint density at radius 3 is 1.96 bits per heavy atom. The molecule has 0 unspecified atom stereocenters. The minimum absolute atomic E-state index is 0.0761. The standard InChI is InChI=1S/C15H6F7NO/c16-11-9(15(20,21)22)5-6-10-12(11)24-13(23-10)7-1-3-8(4-2-7)14(17,18)19/h1-6H. The van der Waals surface area contributed by atoms with Crippen molar-refractivity contribution in [3.05, 3.63) is 53.3 Å². The molecule has 0 aliphatic heterocycles. The molecular weight excluding hydrogens is 343 g/mol. The number of aromatic nitrogens is 1. The van der Waals surface area contributed by atoms with Gasteiger partial charge in [-0.05, 0) is 36.4 Å². The van der Waals surface area contributed by atoms with Crippen LogP contribution in [0.2, 0.25) is 0 Å². The van der Waals surface area contributed by atoms with Gasteiger partial charge in [0.05, 0.1) is 11.1 Å². The van der Waals surface area contributed by atoms with E-state index in [0.717, 1.165) is 30.3 Å². The molecule has 0 spiro atoms. The third-order valence-corrected chi connectivity index (χ3v) is 3.26. The quantitative estimate of drug-likeness (QED) is 0.529. The summed E-state index contributed by atoms with van der Waals surface area (Å²) in [4.78, 5) is 3.80. The van der Waals surface area contributed by atoms with Gasteiger partial charge >= 0.3 is 12.4 Å². The molecule has 0 fully saturated rings. The fourth-order valence-corrected chi connectivity index (χ4v) is 2.10. The fraction of sp³-hybridized carbons (Fsp3) is 0.133. The zero-order chi connectivity index (χ0) is 17.7. The van der Waals surface area contributed by atoms with E-state index in [1.807, 2.05) is 0 Å². The normalized spacial score (nSPS) is 12.8. The minimum Gasteiger partial charge on any atom is -0.433 e. The van der Waals surface area contributed by atoms with Crippen LogP contribution in [0, 0.1) is 5.82 Å². The van der Waals surface area contributed by atoms with Gasteiger partial charge in [0.25, 0.3) is 0 Å². The molecule has 2 aromatic carbocycles. The Bertz CT molecular complexity index is 891. The minimum atomic E-state index is -4.90. The van der Waals surface area contributed by atoms with Crippen LogP contribution in [0.4, 0.5) is 30.7 Å². The van der Waals surface area contributed by atoms with Crippen molar-refractivity contribution in [1.82, 2.24) is 4.98 Å². The van der Waals surface area contributed by atoms with Gasteiger partial charge < -0.3 is 4.42 Å². The van der Waals surface area contributed by atoms with Gasteiger partial charge in [-0.15, -0.1) is 0 Å². The lowest BCUT2D eigenvalue weighted by molar-refractivity contribution is -0.140. The lowest BCUT2D eigenvalue weighted by Gasteiger charge is -2.06. The maximum absolute atomic E-state index is 13.9. The molecule has 24 heavy (non-hydrogen) atoms. The van der Waals surface area contributed by atoms with Gasteiger partial charge in [0, 0.05) is 5.56 Å². The number of nitrogens with zero attached hydrogens (tertiary/aromatic N) is 1. The predicted molar refractivity (Wildman–Crippen MR) is 69.4 cm³/mol. The first kappa shape index (κ1) is 16.3. The smallest absolute Gasteiger partial charge is 0.419 e. The number of oxazole rings is 1. The Morgan fingerprint density at radius 1 is 0.792 bits per heavy atom. The third-order valence-electron chi connectivity index (χ3n) is 3.26. The molecule has 0 saturated heterocycles. The highest BCUT2D eigenvalue weighted by atomic mass is 19.4. The molecule has 2 nitrogen and oxygen atoms in total. The number of alkyl halides is 6. The second kappa shape index (κ2) is 5.22. The van der Waals surface area contributed by atoms with E-state index in [4.69, 9.17) is 4.42 Å². The number of fused-ring (bicyclic) bond motifs is 1. The topological polar surface area (TPSA) is 26.0 Å². The molecule has 0 N–H and O–H groups in total. The highest BCUT2D eigenvalue weighted by Gasteiger charge is 2.36. The average molecular weight is 349 g/mol. The summed E-state index contributed by atoms with van der Waals surface area (Å²) in [7, 11) is 0. The molecule has 1 aromatic heterocycles. The lowest BCUT2D eigenvalue weighted by Crippen LogP contribution is -2.07. The molecule has 0 aliphatic rings. The summed E-state index contributed by atoms with van der Waals surface area (Å²) in [5.41, 5.74) is -3.22. The molecule has 0 bridgehead atoms. The average Bonchev–Trinajstić information content (AvgIpc) is 2.90. The molecular formula is C15H6F7NO. The fourth-order valence-electron chi connectivity index (χ4n) is 2.10. The monoisotopic (exact) mass is 349 g/mol. The van der Waals surface area contributed by atoms with Crippen LogP contribution in [-0.2, 0) is 12.4 Å². The molecule has 0 atom stereocenters. The van der Waals surface area contributed by atoms with E-state index >= 15 is 0 Å². The second-order valence-electron chi connectivity index (χ2n) is 4.87. The van der Waals surface area contributed by atoms with E-state index in [0.29, 0.717) is 6.07 Å². The largest absolute Gasteiger partial charge is 0.433 e. The number of benzene rings is 2. The van der Waals surface area contributed by atoms with E-state index in [2.05, 4.69) is 4.98 Å². The molecule has 0 amide bonds. The predicted octanol–water partition coefficient (Wildman–Crippen LogP) is 5.67. The van der Waals surface area contributed by atoms with Crippen molar-refractivity contribution >= 4 is 11.1 Å². The van der Waals surface area contributed by atoms with Crippen LogP contribution in [0.3, 0.4) is 0 Å². The summed E-state index contributed by atoms with van der Waals surface area (Å²) in [5, 5.41) is 0. The molecule has 0 radical (unpaired) electrons. The highest BCUT2D eigenvalue weighted by molar-refractivity contribution is 5.77. The van der Waals surface area contributed by atoms with Gasteiger partial charge in [0.1, 0.15) is 5.52 Å². The molecule has 3 rings (SSSR count). The van der Waals surface area contributed by atoms with Crippen LogP contribution in [-0.4, -0.2) is 4.98 Å². The first-order chi connectivity index (χ1) is 11.1. The Labute approximate surface area is 129 Å². The molecule has 0 saturated carbocycles. The third kappa shape index (κ3) is 2.81. The van der Waals surface area contributed by atoms with Crippen molar-refractivity contribution in [3.8, 4) is 11.5 Å². The second-order valence-corrected chi connectivity index (χ2v) is 4.87. The van der Waals surface area contributed by atoms with Gasteiger partial charge in [0.15, 0.2) is 11.4 Å². The van der Waals surface area contributed by atoms with E-state index in [1.54, 1.807) is 0 Å². The van der Waals surface area contributed by atoms with Crippen molar-refractivity contribution in [2.75, 3.05) is 0 Å². The van der Waals surface area contributed by atoms with Crippen molar-refractivity contribution in [3.63, 3.8) is 0 Å². The van der Waals surface area contributed by atoms with Crippen molar-refractivity contribution in [2.45, 2.75) is 12.4 Å². The summed E-state index contributed by atoms with van der Waals surface area (Å²) < 4.78 is 94.4. The Kier molecular flexibility index (Phi) is 3.54. The number of hydrogen-bond acceptors (Lipinski definition) is 2. The van der Waals surface area contributed by atoms with Gasteiger partial charge in [0.2, 0.25) is 5.89 Å². The summed E-state index contributed by atoms with van der Waals surface area (Å²) in [6, 6.07) is 5.06. The van der Waals surface area contributed by atoms with Crippen LogP contribution in [0.1, 0.15) is 11.1 Å². The van der Waals surface area contributed by atoms with E-state index in [1.165, 1.54) is 0 Å². The Hall–Kier alpha value is -2.58. The van der Waals surface area contributed by atoms with Crippen LogP contribution < -0.4 is 0 Å². The van der Waals surface area contributed by atoms with Crippen LogP contribution >= 0.6 is 0 Å². The molecule has 3 aromatic rings. The summed E-state index contributed by atoms with van der Waals surface area (Å²) in [6.45, 7) is 0. The zero-order valence-electron chi connectivity index (χ0n) is 11.5. The summed E-state index contributed by atoms with van der Waals surface area (Å²) in [5.74, 6) is -1.90. The first-order valence-corrected chi connectivity index (χ1v) is 6.41. The summed E-state index contributed by atoms with van der Waals surface area (Å²) in [6.07, 6.45) is -9.44. The van der Waals surface area contributed by atoms with Gasteiger partial charge in [-0.2, -0.15) is 26.3 Å². The zero-order valence-corrected chi connectivity index (χ0v) is 11.5. The number of hydrogen-bond donors (Lipinski definition) is 0. The van der Waals surface area contributed by atoms with E-state index < -0.39 is 34.9 Å². The molecule has 9 heteroatoms. The van der Waals surface area contributed by atoms with Crippen molar-refractivity contribution in [2.24, 2.45) is 0 Å². The van der Waals surface area contributed by atoms with Crippen LogP contribution in [0.15, 0.2) is 40.8 Å². The maximum atomic E-state index is 13.9. The van der Waals surface area contributed by atoms with Crippen molar-refractivity contribution < 1.29 is 35.2 Å². The van der Waals surface area contributed by atoms with Crippen LogP contribution in [0.25, 0.3) is 22.6 Å². The van der Waals surface area contributed by atoms with Gasteiger partial charge in [-0.3, -0.25) is 0 Å². The van der Waals surface area contributed by atoms with E-state index in [9.17, 15) is 30.7 Å². The van der Waals surface area contributed by atoms with E-state index in [-0.39, 0.29) is 17.0 Å². The van der Waals surface area contributed by atoms with Gasteiger partial charge in [-0.1, -0.05) is 0 Å².